The van der Waals surface area contributed by atoms with E-state index in [1.54, 1.807) is 0 Å². The van der Waals surface area contributed by atoms with Crippen LogP contribution in [0, 0.1) is 22.7 Å². The molecule has 3 saturated carbocycles. The van der Waals surface area contributed by atoms with Gasteiger partial charge in [-0.3, -0.25) is 14.4 Å². The van der Waals surface area contributed by atoms with E-state index in [0.717, 1.165) is 74.9 Å². The third-order valence-electron chi connectivity index (χ3n) is 11.1. The molecule has 0 aromatic carbocycles. The van der Waals surface area contributed by atoms with E-state index in [0.29, 0.717) is 31.7 Å². The van der Waals surface area contributed by atoms with Crippen molar-refractivity contribution in [3.05, 3.63) is 0 Å². The molecule has 0 aliphatic heterocycles. The number of rotatable bonds is 17. The third kappa shape index (κ3) is 8.25. The lowest BCUT2D eigenvalue weighted by Crippen LogP contribution is -2.60. The molecule has 0 heterocycles. The van der Waals surface area contributed by atoms with Crippen LogP contribution in [-0.4, -0.2) is 60.3 Å². The van der Waals surface area contributed by atoms with Crippen LogP contribution in [0.15, 0.2) is 0 Å². The van der Waals surface area contributed by atoms with Gasteiger partial charge in [0, 0.05) is 19.0 Å². The summed E-state index contributed by atoms with van der Waals surface area (Å²) in [5.41, 5.74) is -0.0548. The number of aliphatic carboxylic acids is 1. The Balaban J connectivity index is 1.76. The van der Waals surface area contributed by atoms with E-state index in [2.05, 4.69) is 38.3 Å². The van der Waals surface area contributed by atoms with Crippen LogP contribution in [0.1, 0.15) is 130 Å². The summed E-state index contributed by atoms with van der Waals surface area (Å²) in [7, 11) is -4.53. The number of carboxylic acid groups (broad SMARTS) is 1. The number of amides is 2. The van der Waals surface area contributed by atoms with Crippen molar-refractivity contribution in [1.82, 2.24) is 14.9 Å². The van der Waals surface area contributed by atoms with Crippen LogP contribution in [0.5, 0.6) is 0 Å². The Bertz CT molecular complexity index is 1040. The summed E-state index contributed by atoms with van der Waals surface area (Å²) < 4.78 is 27.0. The number of hydrogen-bond acceptors (Lipinski definition) is 5. The zero-order chi connectivity index (χ0) is 31.1. The molecule has 11 heteroatoms. The second-order valence-corrected chi connectivity index (χ2v) is 15.4. The van der Waals surface area contributed by atoms with Gasteiger partial charge in [-0.25, -0.2) is 5.14 Å². The first-order valence-corrected chi connectivity index (χ1v) is 17.8. The highest BCUT2D eigenvalue weighted by atomic mass is 32.2. The molecule has 42 heavy (non-hydrogen) atoms. The molecule has 5 N–H and O–H groups in total. The molecule has 3 aliphatic rings. The van der Waals surface area contributed by atoms with Crippen molar-refractivity contribution >= 4 is 28.0 Å². The van der Waals surface area contributed by atoms with Crippen molar-refractivity contribution in [3.8, 4) is 0 Å². The van der Waals surface area contributed by atoms with Crippen molar-refractivity contribution in [2.75, 3.05) is 6.54 Å². The van der Waals surface area contributed by atoms with Gasteiger partial charge in [0.15, 0.2) is 0 Å². The van der Waals surface area contributed by atoms with E-state index in [1.807, 2.05) is 0 Å². The Morgan fingerprint density at radius 2 is 1.69 bits per heavy atom. The van der Waals surface area contributed by atoms with E-state index in [4.69, 9.17) is 5.14 Å². The number of carboxylic acids is 1. The van der Waals surface area contributed by atoms with E-state index in [9.17, 15) is 27.9 Å². The number of carbonyl (C=O) groups excluding carboxylic acids is 2. The van der Waals surface area contributed by atoms with Crippen molar-refractivity contribution in [2.24, 2.45) is 27.8 Å². The van der Waals surface area contributed by atoms with E-state index in [1.165, 1.54) is 0 Å². The van der Waals surface area contributed by atoms with Gasteiger partial charge in [-0.2, -0.15) is 12.7 Å². The molecule has 0 aromatic heterocycles. The Hall–Kier alpha value is -1.72. The summed E-state index contributed by atoms with van der Waals surface area (Å²) in [5, 5.41) is 22.0. The number of hydrogen-bond donors (Lipinski definition) is 4. The topological polar surface area (TPSA) is 159 Å². The first-order chi connectivity index (χ1) is 19.7. The van der Waals surface area contributed by atoms with Crippen LogP contribution in [-0.2, 0) is 24.6 Å². The van der Waals surface area contributed by atoms with E-state index < -0.39 is 34.2 Å². The first-order valence-electron chi connectivity index (χ1n) is 16.3. The van der Waals surface area contributed by atoms with Gasteiger partial charge >= 0.3 is 5.97 Å². The SMILES string of the molecule is CCCCCC(=O)NCCCC[C@@H](C(=O)O)N([C@@H](CC1CCCCC1)C(=O)N[C@H]1C[C@H]2CC[C@]1(C)C2(C)C)S(N)(=O)=O. The maximum absolute atomic E-state index is 14.1. The minimum Gasteiger partial charge on any atom is -0.480 e. The first kappa shape index (κ1) is 34.8. The lowest BCUT2D eigenvalue weighted by atomic mass is 9.69. The summed E-state index contributed by atoms with van der Waals surface area (Å²) in [6.07, 6.45) is 12.3. The van der Waals surface area contributed by atoms with Gasteiger partial charge in [-0.1, -0.05) is 72.6 Å². The standard InChI is InChI=1S/C31H56N4O6S/c1-5-6-8-16-27(36)33-19-12-11-15-24(29(38)39)35(42(32,40)41)25(20-22-13-9-7-10-14-22)28(37)34-26-21-23-17-18-31(26,4)30(23,2)3/h22-26H,5-21H2,1-4H3,(H,33,36)(H,34,37)(H,38,39)(H2,32,40,41)/t23-,24+,25+,26+,31+/m1/s1. The fraction of sp³-hybridized carbons (Fsp3) is 0.903. The number of nitrogens with zero attached hydrogens (tertiary/aromatic N) is 1. The summed E-state index contributed by atoms with van der Waals surface area (Å²) in [6, 6.07) is -2.75. The van der Waals surface area contributed by atoms with Crippen molar-refractivity contribution < 1.29 is 27.9 Å². The molecule has 3 aliphatic carbocycles. The van der Waals surface area contributed by atoms with Gasteiger partial charge in [0.1, 0.15) is 12.1 Å². The van der Waals surface area contributed by atoms with E-state index in [-0.39, 0.29) is 41.5 Å². The maximum atomic E-state index is 14.1. The van der Waals surface area contributed by atoms with Gasteiger partial charge in [-0.15, -0.1) is 0 Å². The molecular formula is C31H56N4O6S. The van der Waals surface area contributed by atoms with Gasteiger partial charge in [0.25, 0.3) is 10.2 Å². The molecular weight excluding hydrogens is 556 g/mol. The smallest absolute Gasteiger partial charge is 0.322 e. The lowest BCUT2D eigenvalue weighted by Gasteiger charge is -2.41. The minimum atomic E-state index is -4.53. The normalized spacial score (nSPS) is 27.1. The fourth-order valence-electron chi connectivity index (χ4n) is 8.00. The van der Waals surface area contributed by atoms with Crippen molar-refractivity contribution in [2.45, 2.75) is 149 Å². The number of nitrogens with one attached hydrogen (secondary N) is 2. The Kier molecular flexibility index (Phi) is 12.3. The molecule has 0 unspecified atom stereocenters. The molecule has 0 radical (unpaired) electrons. The van der Waals surface area contributed by atoms with Crippen LogP contribution in [0.25, 0.3) is 0 Å². The zero-order valence-electron chi connectivity index (χ0n) is 26.3. The highest BCUT2D eigenvalue weighted by molar-refractivity contribution is 7.86. The van der Waals surface area contributed by atoms with Crippen LogP contribution >= 0.6 is 0 Å². The molecule has 10 nitrogen and oxygen atoms in total. The van der Waals surface area contributed by atoms with Crippen LogP contribution in [0.3, 0.4) is 0 Å². The Morgan fingerprint density at radius 1 is 1.00 bits per heavy atom. The highest BCUT2D eigenvalue weighted by Gasteiger charge is 2.62. The quantitative estimate of drug-likeness (QED) is 0.177. The number of fused-ring (bicyclic) bond motifs is 2. The summed E-state index contributed by atoms with van der Waals surface area (Å²) >= 11 is 0. The Labute approximate surface area is 253 Å². The summed E-state index contributed by atoms with van der Waals surface area (Å²) in [5.74, 6) is -1.18. The summed E-state index contributed by atoms with van der Waals surface area (Å²) in [6.45, 7) is 9.17. The number of nitrogens with two attached hydrogens (primary N) is 1. The second kappa shape index (κ2) is 14.8. The second-order valence-electron chi connectivity index (χ2n) is 14.0. The molecule has 5 atom stereocenters. The molecule has 0 saturated heterocycles. The average Bonchev–Trinajstić information content (AvgIpc) is 3.25. The van der Waals surface area contributed by atoms with Gasteiger partial charge in [0.2, 0.25) is 11.8 Å². The van der Waals surface area contributed by atoms with Gasteiger partial charge in [-0.05, 0) is 74.0 Å². The fourth-order valence-corrected chi connectivity index (χ4v) is 9.09. The van der Waals surface area contributed by atoms with Crippen LogP contribution in [0.4, 0.5) is 0 Å². The number of carbonyl (C=O) groups is 3. The number of unbranched alkanes of at least 4 members (excludes halogenated alkanes) is 3. The maximum Gasteiger partial charge on any atom is 0.322 e. The molecule has 242 valence electrons. The van der Waals surface area contributed by atoms with Crippen molar-refractivity contribution in [1.29, 1.82) is 0 Å². The van der Waals surface area contributed by atoms with Crippen LogP contribution < -0.4 is 15.8 Å². The predicted octanol–water partition coefficient (Wildman–Crippen LogP) is 4.48. The molecule has 3 rings (SSSR count). The van der Waals surface area contributed by atoms with E-state index >= 15 is 0 Å². The Morgan fingerprint density at radius 3 is 2.24 bits per heavy atom. The van der Waals surface area contributed by atoms with Crippen LogP contribution in [0.2, 0.25) is 0 Å². The molecule has 0 aromatic rings. The monoisotopic (exact) mass is 612 g/mol. The zero-order valence-corrected chi connectivity index (χ0v) is 27.1. The van der Waals surface area contributed by atoms with Crippen molar-refractivity contribution in [3.63, 3.8) is 0 Å². The van der Waals surface area contributed by atoms with Gasteiger partial charge < -0.3 is 15.7 Å². The minimum absolute atomic E-state index is 0.00215. The highest BCUT2D eigenvalue weighted by Crippen LogP contribution is 2.65. The average molecular weight is 613 g/mol. The summed E-state index contributed by atoms with van der Waals surface area (Å²) in [4.78, 5) is 38.6. The predicted molar refractivity (Wildman–Crippen MR) is 164 cm³/mol. The lowest BCUT2D eigenvalue weighted by molar-refractivity contribution is -0.143. The largest absolute Gasteiger partial charge is 0.480 e. The third-order valence-corrected chi connectivity index (χ3v) is 12.2. The molecule has 0 spiro atoms. The molecule has 2 amide bonds. The molecule has 2 bridgehead atoms. The van der Waals surface area contributed by atoms with Gasteiger partial charge in [0.05, 0.1) is 0 Å². The molecule has 3 fully saturated rings.